The normalized spacial score (nSPS) is 12.6. The first kappa shape index (κ1) is 24.1. The van der Waals surface area contributed by atoms with E-state index in [9.17, 15) is 23.0 Å². The first-order chi connectivity index (χ1) is 14.7. The SMILES string of the molecule is Cc1cc(-c2cc(F)c(CO)c(S(C)(=O)=O)c2)ccc1-n1cc(C(C)(C)O)nc1C(C)C. The molecule has 1 aromatic heterocycles. The molecule has 6 nitrogen and oxygen atoms in total. The van der Waals surface area contributed by atoms with Crippen LogP contribution in [0.15, 0.2) is 41.4 Å². The number of halogens is 1. The molecule has 2 aromatic carbocycles. The van der Waals surface area contributed by atoms with Crippen molar-refractivity contribution in [1.29, 1.82) is 0 Å². The number of aromatic nitrogens is 2. The predicted octanol–water partition coefficient (Wildman–Crippen LogP) is 4.23. The third kappa shape index (κ3) is 4.62. The molecule has 0 saturated heterocycles. The lowest BCUT2D eigenvalue weighted by atomic mass is 10.0. The van der Waals surface area contributed by atoms with Crippen LogP contribution in [0.3, 0.4) is 0 Å². The molecule has 0 aliphatic rings. The summed E-state index contributed by atoms with van der Waals surface area (Å²) in [7, 11) is -3.72. The quantitative estimate of drug-likeness (QED) is 0.574. The van der Waals surface area contributed by atoms with Gasteiger partial charge in [0.2, 0.25) is 0 Å². The van der Waals surface area contributed by atoms with Crippen molar-refractivity contribution in [3.8, 4) is 16.8 Å². The van der Waals surface area contributed by atoms with E-state index in [4.69, 9.17) is 0 Å². The van der Waals surface area contributed by atoms with Gasteiger partial charge in [0.05, 0.1) is 17.2 Å². The number of hydrogen-bond acceptors (Lipinski definition) is 5. The number of rotatable bonds is 6. The smallest absolute Gasteiger partial charge is 0.176 e. The van der Waals surface area contributed by atoms with Crippen LogP contribution in [0.1, 0.15) is 56.3 Å². The molecular formula is C24H29FN2O4S. The Kier molecular flexibility index (Phi) is 6.34. The molecule has 0 aliphatic carbocycles. The monoisotopic (exact) mass is 460 g/mol. The van der Waals surface area contributed by atoms with Crippen LogP contribution in [-0.2, 0) is 22.0 Å². The van der Waals surface area contributed by atoms with E-state index in [-0.39, 0.29) is 16.4 Å². The fourth-order valence-electron chi connectivity index (χ4n) is 3.66. The molecule has 0 unspecified atom stereocenters. The van der Waals surface area contributed by atoms with Crippen LogP contribution in [0.4, 0.5) is 4.39 Å². The lowest BCUT2D eigenvalue weighted by Crippen LogP contribution is -2.16. The van der Waals surface area contributed by atoms with Crippen LogP contribution in [-0.4, -0.2) is 34.4 Å². The highest BCUT2D eigenvalue weighted by molar-refractivity contribution is 7.90. The van der Waals surface area contributed by atoms with Crippen molar-refractivity contribution >= 4 is 9.84 Å². The van der Waals surface area contributed by atoms with E-state index in [0.29, 0.717) is 16.8 Å². The zero-order valence-electron chi connectivity index (χ0n) is 19.1. The van der Waals surface area contributed by atoms with E-state index in [2.05, 4.69) is 4.98 Å². The molecule has 0 spiro atoms. The number of nitrogens with zero attached hydrogens (tertiary/aromatic N) is 2. The second kappa shape index (κ2) is 8.42. The Balaban J connectivity index is 2.15. The minimum Gasteiger partial charge on any atom is -0.392 e. The predicted molar refractivity (Wildman–Crippen MR) is 122 cm³/mol. The summed E-state index contributed by atoms with van der Waals surface area (Å²) in [5.41, 5.74) is 2.02. The molecule has 0 aliphatic heterocycles. The highest BCUT2D eigenvalue weighted by atomic mass is 32.2. The molecule has 0 atom stereocenters. The summed E-state index contributed by atoms with van der Waals surface area (Å²) in [6.07, 6.45) is 2.81. The lowest BCUT2D eigenvalue weighted by Gasteiger charge is -2.15. The van der Waals surface area contributed by atoms with E-state index in [0.717, 1.165) is 23.3 Å². The Labute approximate surface area is 188 Å². The Morgan fingerprint density at radius 1 is 1.16 bits per heavy atom. The maximum Gasteiger partial charge on any atom is 0.176 e. The number of sulfone groups is 1. The summed E-state index contributed by atoms with van der Waals surface area (Å²) in [6, 6.07) is 8.13. The molecule has 172 valence electrons. The number of imidazole rings is 1. The molecule has 2 N–H and O–H groups in total. The van der Waals surface area contributed by atoms with E-state index in [1.807, 2.05) is 43.7 Å². The summed E-state index contributed by atoms with van der Waals surface area (Å²) in [5, 5.41) is 19.8. The molecule has 0 radical (unpaired) electrons. The van der Waals surface area contributed by atoms with Crippen molar-refractivity contribution in [3.63, 3.8) is 0 Å². The van der Waals surface area contributed by atoms with Crippen molar-refractivity contribution in [3.05, 3.63) is 65.0 Å². The van der Waals surface area contributed by atoms with Crippen LogP contribution in [0.5, 0.6) is 0 Å². The third-order valence-corrected chi connectivity index (χ3v) is 6.54. The van der Waals surface area contributed by atoms with Gasteiger partial charge in [0.15, 0.2) is 9.84 Å². The maximum absolute atomic E-state index is 14.6. The van der Waals surface area contributed by atoms with E-state index < -0.39 is 27.9 Å². The Bertz CT molecular complexity index is 1270. The fraction of sp³-hybridized carbons (Fsp3) is 0.375. The minimum atomic E-state index is -3.72. The largest absolute Gasteiger partial charge is 0.392 e. The van der Waals surface area contributed by atoms with Gasteiger partial charge in [0.1, 0.15) is 17.2 Å². The summed E-state index contributed by atoms with van der Waals surface area (Å²) in [6.45, 7) is 8.62. The van der Waals surface area contributed by atoms with Gasteiger partial charge in [0.25, 0.3) is 0 Å². The molecular weight excluding hydrogens is 431 g/mol. The van der Waals surface area contributed by atoms with Crippen molar-refractivity contribution in [2.24, 2.45) is 0 Å². The second-order valence-corrected chi connectivity index (χ2v) is 10.9. The number of hydrogen-bond donors (Lipinski definition) is 2. The van der Waals surface area contributed by atoms with Crippen molar-refractivity contribution in [2.45, 2.75) is 57.6 Å². The first-order valence-corrected chi connectivity index (χ1v) is 12.2. The van der Waals surface area contributed by atoms with Crippen LogP contribution < -0.4 is 0 Å². The fourth-order valence-corrected chi connectivity index (χ4v) is 4.61. The van der Waals surface area contributed by atoms with Crippen molar-refractivity contribution in [2.75, 3.05) is 6.26 Å². The average molecular weight is 461 g/mol. The van der Waals surface area contributed by atoms with Crippen LogP contribution in [0.25, 0.3) is 16.8 Å². The van der Waals surface area contributed by atoms with Gasteiger partial charge in [0, 0.05) is 29.6 Å². The number of benzene rings is 2. The molecule has 0 fully saturated rings. The van der Waals surface area contributed by atoms with E-state index in [1.54, 1.807) is 19.9 Å². The zero-order valence-corrected chi connectivity index (χ0v) is 20.0. The van der Waals surface area contributed by atoms with E-state index >= 15 is 0 Å². The van der Waals surface area contributed by atoms with Crippen LogP contribution >= 0.6 is 0 Å². The van der Waals surface area contributed by atoms with Gasteiger partial charge in [-0.1, -0.05) is 19.9 Å². The molecule has 1 heterocycles. The highest BCUT2D eigenvalue weighted by Crippen LogP contribution is 2.32. The zero-order chi connectivity index (χ0) is 24.0. The van der Waals surface area contributed by atoms with Crippen LogP contribution in [0, 0.1) is 12.7 Å². The van der Waals surface area contributed by atoms with Crippen molar-refractivity contribution < 1.29 is 23.0 Å². The Morgan fingerprint density at radius 2 is 1.81 bits per heavy atom. The molecule has 0 saturated carbocycles. The van der Waals surface area contributed by atoms with Gasteiger partial charge in [-0.25, -0.2) is 17.8 Å². The van der Waals surface area contributed by atoms with Gasteiger partial charge >= 0.3 is 0 Å². The van der Waals surface area contributed by atoms with Gasteiger partial charge < -0.3 is 14.8 Å². The number of aryl methyl sites for hydroxylation is 1. The molecule has 8 heteroatoms. The summed E-state index contributed by atoms with van der Waals surface area (Å²) >= 11 is 0. The summed E-state index contributed by atoms with van der Waals surface area (Å²) < 4.78 is 40.8. The number of aliphatic hydroxyl groups is 2. The molecule has 0 bridgehead atoms. The van der Waals surface area contributed by atoms with Gasteiger partial charge in [-0.15, -0.1) is 0 Å². The number of aliphatic hydroxyl groups excluding tert-OH is 1. The maximum atomic E-state index is 14.6. The molecule has 0 amide bonds. The van der Waals surface area contributed by atoms with Crippen molar-refractivity contribution in [1.82, 2.24) is 9.55 Å². The van der Waals surface area contributed by atoms with Gasteiger partial charge in [-0.05, 0) is 61.7 Å². The minimum absolute atomic E-state index is 0.114. The summed E-state index contributed by atoms with van der Waals surface area (Å²) in [5.74, 6) is 0.150. The standard InChI is InChI=1S/C24H29FN2O4S/c1-14(2)23-26-22(24(4,5)29)12-27(23)20-8-7-16(9-15(20)3)17-10-19(25)18(13-28)21(11-17)32(6,30)31/h7-12,14,28-29H,13H2,1-6H3. The van der Waals surface area contributed by atoms with E-state index in [1.165, 1.54) is 12.1 Å². The second-order valence-electron chi connectivity index (χ2n) is 8.93. The Hall–Kier alpha value is -2.55. The summed E-state index contributed by atoms with van der Waals surface area (Å²) in [4.78, 5) is 4.40. The molecule has 3 aromatic rings. The van der Waals surface area contributed by atoms with Gasteiger partial charge in [-0.2, -0.15) is 0 Å². The van der Waals surface area contributed by atoms with Crippen LogP contribution in [0.2, 0.25) is 0 Å². The average Bonchev–Trinajstić information content (AvgIpc) is 3.12. The van der Waals surface area contributed by atoms with Gasteiger partial charge in [-0.3, -0.25) is 0 Å². The highest BCUT2D eigenvalue weighted by Gasteiger charge is 2.24. The molecule has 32 heavy (non-hydrogen) atoms. The molecule has 3 rings (SSSR count). The Morgan fingerprint density at radius 3 is 2.31 bits per heavy atom. The topological polar surface area (TPSA) is 92.4 Å². The third-order valence-electron chi connectivity index (χ3n) is 5.38. The lowest BCUT2D eigenvalue weighted by molar-refractivity contribution is 0.0741. The first-order valence-electron chi connectivity index (χ1n) is 10.3.